The molecule has 0 radical (unpaired) electrons. The Labute approximate surface area is 158 Å². The van der Waals surface area contributed by atoms with E-state index in [9.17, 15) is 14.7 Å². The number of piperazine rings is 1. The number of aliphatic carboxylic acids is 1. The maximum atomic E-state index is 12.2. The summed E-state index contributed by atoms with van der Waals surface area (Å²) in [4.78, 5) is 28.8. The lowest BCUT2D eigenvalue weighted by Crippen LogP contribution is -2.55. The fourth-order valence-corrected chi connectivity index (χ4v) is 3.15. The van der Waals surface area contributed by atoms with Crippen molar-refractivity contribution in [3.8, 4) is 0 Å². The van der Waals surface area contributed by atoms with Crippen molar-refractivity contribution in [1.29, 1.82) is 0 Å². The van der Waals surface area contributed by atoms with E-state index in [0.717, 1.165) is 10.9 Å². The van der Waals surface area contributed by atoms with Crippen molar-refractivity contribution in [2.45, 2.75) is 32.4 Å². The van der Waals surface area contributed by atoms with Gasteiger partial charge >= 0.3 is 12.1 Å². The van der Waals surface area contributed by atoms with E-state index in [0.29, 0.717) is 31.7 Å². The van der Waals surface area contributed by atoms with Gasteiger partial charge in [0.05, 0.1) is 0 Å². The Morgan fingerprint density at radius 1 is 1.19 bits per heavy atom. The molecule has 8 heteroatoms. The summed E-state index contributed by atoms with van der Waals surface area (Å²) in [5.74, 6) is -0.946. The number of carboxylic acids is 1. The number of aromatic amines is 1. The highest BCUT2D eigenvalue weighted by Crippen LogP contribution is 2.24. The molecule has 1 aliphatic rings. The third kappa shape index (κ3) is 4.58. The Balaban J connectivity index is 1.65. The maximum absolute atomic E-state index is 12.2. The standard InChI is InChI=1S/C19H26N4O4/c1-19(2,3)27-18(26)22-9-11-23(12-10-22)21-16(17(24)25)14-5-4-6-15-13(14)7-8-20-15/h4-8,16,20-21H,9-12H2,1-3H3,(H,24,25). The van der Waals surface area contributed by atoms with Crippen LogP contribution >= 0.6 is 0 Å². The number of amides is 1. The number of hydrogen-bond acceptors (Lipinski definition) is 5. The van der Waals surface area contributed by atoms with Crippen molar-refractivity contribution < 1.29 is 19.4 Å². The van der Waals surface area contributed by atoms with Crippen LogP contribution in [0.4, 0.5) is 4.79 Å². The van der Waals surface area contributed by atoms with E-state index in [1.54, 1.807) is 11.1 Å². The third-order valence-electron chi connectivity index (χ3n) is 4.43. The molecule has 0 aliphatic carbocycles. The summed E-state index contributed by atoms with van der Waals surface area (Å²) < 4.78 is 5.39. The van der Waals surface area contributed by atoms with Crippen molar-refractivity contribution >= 4 is 23.0 Å². The number of hydrazine groups is 1. The first-order chi connectivity index (χ1) is 12.7. The molecule has 0 bridgehead atoms. The van der Waals surface area contributed by atoms with Crippen molar-refractivity contribution in [3.63, 3.8) is 0 Å². The molecular formula is C19H26N4O4. The molecule has 1 saturated heterocycles. The van der Waals surface area contributed by atoms with E-state index in [4.69, 9.17) is 4.74 Å². The zero-order valence-electron chi connectivity index (χ0n) is 15.9. The number of ether oxygens (including phenoxy) is 1. The Kier molecular flexibility index (Phi) is 5.38. The highest BCUT2D eigenvalue weighted by Gasteiger charge is 2.29. The first-order valence-corrected chi connectivity index (χ1v) is 9.02. The fourth-order valence-electron chi connectivity index (χ4n) is 3.15. The fraction of sp³-hybridized carbons (Fsp3) is 0.474. The van der Waals surface area contributed by atoms with Crippen LogP contribution in [-0.4, -0.2) is 63.8 Å². The number of carboxylic acid groups (broad SMARTS) is 1. The van der Waals surface area contributed by atoms with E-state index < -0.39 is 17.6 Å². The normalized spacial score (nSPS) is 17.1. The van der Waals surface area contributed by atoms with Gasteiger partial charge in [0.2, 0.25) is 0 Å². The van der Waals surface area contributed by atoms with Gasteiger partial charge in [-0.3, -0.25) is 4.79 Å². The minimum Gasteiger partial charge on any atom is -0.480 e. The van der Waals surface area contributed by atoms with Gasteiger partial charge in [-0.2, -0.15) is 0 Å². The highest BCUT2D eigenvalue weighted by atomic mass is 16.6. The predicted molar refractivity (Wildman–Crippen MR) is 101 cm³/mol. The van der Waals surface area contributed by atoms with E-state index in [1.807, 2.05) is 50.0 Å². The zero-order valence-corrected chi connectivity index (χ0v) is 15.9. The molecule has 2 aromatic rings. The van der Waals surface area contributed by atoms with Crippen LogP contribution < -0.4 is 5.43 Å². The van der Waals surface area contributed by atoms with Crippen LogP contribution in [0.15, 0.2) is 30.5 Å². The topological polar surface area (TPSA) is 97.9 Å². The molecule has 1 aliphatic heterocycles. The van der Waals surface area contributed by atoms with Crippen LogP contribution in [0.2, 0.25) is 0 Å². The molecule has 1 fully saturated rings. The quantitative estimate of drug-likeness (QED) is 0.760. The number of nitrogens with zero attached hydrogens (tertiary/aromatic N) is 2. The van der Waals surface area contributed by atoms with Crippen LogP contribution in [0.1, 0.15) is 32.4 Å². The summed E-state index contributed by atoms with van der Waals surface area (Å²) in [7, 11) is 0. The number of carbonyl (C=O) groups is 2. The SMILES string of the molecule is CC(C)(C)OC(=O)N1CCN(NC(C(=O)O)c2cccc3[nH]ccc23)CC1. The zero-order chi connectivity index (χ0) is 19.6. The molecule has 0 saturated carbocycles. The maximum Gasteiger partial charge on any atom is 0.410 e. The summed E-state index contributed by atoms with van der Waals surface area (Å²) in [5, 5.41) is 12.5. The van der Waals surface area contributed by atoms with Crippen molar-refractivity contribution in [1.82, 2.24) is 20.3 Å². The highest BCUT2D eigenvalue weighted by molar-refractivity contribution is 5.88. The molecule has 27 heavy (non-hydrogen) atoms. The summed E-state index contributed by atoms with van der Waals surface area (Å²) in [6.45, 7) is 7.49. The first-order valence-electron chi connectivity index (χ1n) is 9.02. The first kappa shape index (κ1) is 19.2. The molecule has 146 valence electrons. The summed E-state index contributed by atoms with van der Waals surface area (Å²) in [5.41, 5.74) is 4.17. The van der Waals surface area contributed by atoms with Gasteiger partial charge in [-0.15, -0.1) is 0 Å². The van der Waals surface area contributed by atoms with Crippen LogP contribution in [0.25, 0.3) is 10.9 Å². The molecule has 2 heterocycles. The number of hydrogen-bond donors (Lipinski definition) is 3. The lowest BCUT2D eigenvalue weighted by atomic mass is 10.0. The summed E-state index contributed by atoms with van der Waals surface area (Å²) in [6.07, 6.45) is 1.46. The second-order valence-corrected chi connectivity index (χ2v) is 7.64. The Hall–Kier alpha value is -2.58. The molecule has 8 nitrogen and oxygen atoms in total. The average Bonchev–Trinajstić information content (AvgIpc) is 3.07. The van der Waals surface area contributed by atoms with Crippen molar-refractivity contribution in [3.05, 3.63) is 36.0 Å². The summed E-state index contributed by atoms with van der Waals surface area (Å²) in [6, 6.07) is 6.59. The lowest BCUT2D eigenvalue weighted by molar-refractivity contribution is -0.141. The number of benzene rings is 1. The smallest absolute Gasteiger partial charge is 0.410 e. The second kappa shape index (κ2) is 7.58. The molecule has 1 aromatic heterocycles. The van der Waals surface area contributed by atoms with Crippen molar-refractivity contribution in [2.24, 2.45) is 0 Å². The number of fused-ring (bicyclic) bond motifs is 1. The minimum atomic E-state index is -0.946. The number of H-pyrrole nitrogens is 1. The lowest BCUT2D eigenvalue weighted by Gasteiger charge is -2.37. The molecule has 0 spiro atoms. The number of aromatic nitrogens is 1. The second-order valence-electron chi connectivity index (χ2n) is 7.64. The van der Waals surface area contributed by atoms with Crippen LogP contribution in [-0.2, 0) is 9.53 Å². The van der Waals surface area contributed by atoms with Crippen molar-refractivity contribution in [2.75, 3.05) is 26.2 Å². The molecule has 1 atom stereocenters. The molecule has 1 aromatic carbocycles. The van der Waals surface area contributed by atoms with Crippen LogP contribution in [0, 0.1) is 0 Å². The van der Waals surface area contributed by atoms with Gasteiger partial charge in [-0.1, -0.05) is 12.1 Å². The van der Waals surface area contributed by atoms with Gasteiger partial charge in [-0.25, -0.2) is 15.2 Å². The number of carbonyl (C=O) groups excluding carboxylic acids is 1. The van der Waals surface area contributed by atoms with E-state index in [1.165, 1.54) is 0 Å². The van der Waals surface area contributed by atoms with Gasteiger partial charge < -0.3 is 19.7 Å². The van der Waals surface area contributed by atoms with Gasteiger partial charge in [0.25, 0.3) is 0 Å². The van der Waals surface area contributed by atoms with E-state index in [2.05, 4.69) is 10.4 Å². The van der Waals surface area contributed by atoms with Gasteiger partial charge in [0.15, 0.2) is 0 Å². The molecular weight excluding hydrogens is 348 g/mol. The number of nitrogens with one attached hydrogen (secondary N) is 2. The molecule has 3 rings (SSSR count). The average molecular weight is 374 g/mol. The minimum absolute atomic E-state index is 0.339. The molecule has 1 amide bonds. The van der Waals surface area contributed by atoms with Crippen LogP contribution in [0.5, 0.6) is 0 Å². The Morgan fingerprint density at radius 2 is 1.89 bits per heavy atom. The van der Waals surface area contributed by atoms with Crippen LogP contribution in [0.3, 0.4) is 0 Å². The predicted octanol–water partition coefficient (Wildman–Crippen LogP) is 2.35. The largest absolute Gasteiger partial charge is 0.480 e. The van der Waals surface area contributed by atoms with Gasteiger partial charge in [0, 0.05) is 43.3 Å². The monoisotopic (exact) mass is 374 g/mol. The number of rotatable bonds is 4. The summed E-state index contributed by atoms with van der Waals surface area (Å²) >= 11 is 0. The van der Waals surface area contributed by atoms with Gasteiger partial charge in [0.1, 0.15) is 11.6 Å². The Morgan fingerprint density at radius 3 is 2.52 bits per heavy atom. The third-order valence-corrected chi connectivity index (χ3v) is 4.43. The Bertz CT molecular complexity index is 818. The molecule has 3 N–H and O–H groups in total. The van der Waals surface area contributed by atoms with E-state index in [-0.39, 0.29) is 6.09 Å². The molecule has 1 unspecified atom stereocenters. The van der Waals surface area contributed by atoms with E-state index >= 15 is 0 Å². The van der Waals surface area contributed by atoms with Gasteiger partial charge in [-0.05, 0) is 38.5 Å².